The van der Waals surface area contributed by atoms with E-state index in [4.69, 9.17) is 4.42 Å². The number of hydrogen-bond acceptors (Lipinski definition) is 5. The first kappa shape index (κ1) is 10.5. The number of hydrogen-bond donors (Lipinski definition) is 1. The number of nitrogens with one attached hydrogen (secondary N) is 1. The Balaban J connectivity index is 1.98. The largest absolute Gasteiger partial charge is 0.440 e. The summed E-state index contributed by atoms with van der Waals surface area (Å²) in [6.07, 6.45) is 5.45. The SMILES string of the molecule is CNC(C#N)(CSc1ncco1)C1CC1. The molecule has 1 aromatic heterocycles. The summed E-state index contributed by atoms with van der Waals surface area (Å²) in [6, 6.07) is 2.39. The monoisotopic (exact) mass is 223 g/mol. The molecule has 4 nitrogen and oxygen atoms in total. The van der Waals surface area contributed by atoms with Crippen LogP contribution in [0.25, 0.3) is 0 Å². The third kappa shape index (κ3) is 2.16. The Kier molecular flexibility index (Phi) is 2.98. The summed E-state index contributed by atoms with van der Waals surface area (Å²) < 4.78 is 5.13. The predicted octanol–water partition coefficient (Wildman–Crippen LogP) is 1.66. The molecule has 1 unspecified atom stereocenters. The zero-order chi connectivity index (χ0) is 10.7. The first-order chi connectivity index (χ1) is 7.30. The molecule has 1 aliphatic rings. The van der Waals surface area contributed by atoms with Gasteiger partial charge in [0.2, 0.25) is 0 Å². The minimum absolute atomic E-state index is 0.418. The third-order valence-corrected chi connectivity index (χ3v) is 3.80. The van der Waals surface area contributed by atoms with Crippen LogP contribution in [0.1, 0.15) is 12.8 Å². The van der Waals surface area contributed by atoms with Crippen LogP contribution in [0, 0.1) is 17.2 Å². The van der Waals surface area contributed by atoms with Gasteiger partial charge in [-0.05, 0) is 25.8 Å². The van der Waals surface area contributed by atoms with E-state index in [9.17, 15) is 5.26 Å². The van der Waals surface area contributed by atoms with Gasteiger partial charge >= 0.3 is 0 Å². The molecule has 1 fully saturated rings. The zero-order valence-electron chi connectivity index (χ0n) is 8.56. The van der Waals surface area contributed by atoms with Gasteiger partial charge in [0.1, 0.15) is 11.8 Å². The number of thioether (sulfide) groups is 1. The van der Waals surface area contributed by atoms with Gasteiger partial charge in [-0.15, -0.1) is 0 Å². The van der Waals surface area contributed by atoms with Gasteiger partial charge in [-0.25, -0.2) is 4.98 Å². The van der Waals surface area contributed by atoms with Gasteiger partial charge in [-0.2, -0.15) is 5.26 Å². The number of nitrogens with zero attached hydrogens (tertiary/aromatic N) is 2. The molecule has 0 bridgehead atoms. The number of nitriles is 1. The van der Waals surface area contributed by atoms with Crippen LogP contribution in [0.3, 0.4) is 0 Å². The van der Waals surface area contributed by atoms with Crippen LogP contribution < -0.4 is 5.32 Å². The normalized spacial score (nSPS) is 19.5. The lowest BCUT2D eigenvalue weighted by molar-refractivity contribution is 0.431. The van der Waals surface area contributed by atoms with Gasteiger partial charge in [0.15, 0.2) is 0 Å². The molecule has 0 radical (unpaired) electrons. The summed E-state index contributed by atoms with van der Waals surface area (Å²) in [5.74, 6) is 1.17. The minimum atomic E-state index is -0.418. The standard InChI is InChI=1S/C10H13N3OS/c1-12-10(6-11,8-2-3-8)7-15-9-13-4-5-14-9/h4-5,8,12H,2-3,7H2,1H3. The van der Waals surface area contributed by atoms with E-state index in [1.807, 2.05) is 7.05 Å². The first-order valence-electron chi connectivity index (χ1n) is 4.93. The molecule has 1 aromatic rings. The average Bonchev–Trinajstić information content (AvgIpc) is 2.99. The van der Waals surface area contributed by atoms with Gasteiger partial charge in [0.25, 0.3) is 5.22 Å². The van der Waals surface area contributed by atoms with Crippen LogP contribution >= 0.6 is 11.8 Å². The van der Waals surface area contributed by atoms with Gasteiger partial charge in [0, 0.05) is 5.75 Å². The first-order valence-corrected chi connectivity index (χ1v) is 5.92. The van der Waals surface area contributed by atoms with Gasteiger partial charge in [-0.1, -0.05) is 11.8 Å². The molecule has 0 aliphatic heterocycles. The fourth-order valence-corrected chi connectivity index (χ4v) is 2.66. The molecule has 0 saturated heterocycles. The quantitative estimate of drug-likeness (QED) is 0.769. The third-order valence-electron chi connectivity index (χ3n) is 2.75. The second-order valence-corrected chi connectivity index (χ2v) is 4.62. The number of rotatable bonds is 5. The molecule has 1 aliphatic carbocycles. The van der Waals surface area contributed by atoms with E-state index in [-0.39, 0.29) is 0 Å². The summed E-state index contributed by atoms with van der Waals surface area (Å²) in [7, 11) is 1.84. The molecule has 5 heteroatoms. The lowest BCUT2D eigenvalue weighted by Gasteiger charge is -2.24. The topological polar surface area (TPSA) is 61.9 Å². The molecule has 1 saturated carbocycles. The van der Waals surface area contributed by atoms with Crippen molar-refractivity contribution >= 4 is 11.8 Å². The van der Waals surface area contributed by atoms with Crippen LogP contribution in [-0.2, 0) is 0 Å². The Morgan fingerprint density at radius 3 is 3.07 bits per heavy atom. The maximum absolute atomic E-state index is 9.24. The molecule has 0 aromatic carbocycles. The summed E-state index contributed by atoms with van der Waals surface area (Å²) in [5, 5.41) is 13.0. The van der Waals surface area contributed by atoms with Crippen LogP contribution in [0.4, 0.5) is 0 Å². The van der Waals surface area contributed by atoms with Gasteiger partial charge in [0.05, 0.1) is 12.3 Å². The van der Waals surface area contributed by atoms with Crippen molar-refractivity contribution in [2.45, 2.75) is 23.6 Å². The summed E-state index contributed by atoms with van der Waals surface area (Å²) in [4.78, 5) is 4.03. The maximum atomic E-state index is 9.24. The van der Waals surface area contributed by atoms with Crippen LogP contribution in [0.15, 0.2) is 22.1 Å². The van der Waals surface area contributed by atoms with E-state index >= 15 is 0 Å². The Morgan fingerprint density at radius 2 is 2.60 bits per heavy atom. The molecule has 80 valence electrons. The highest BCUT2D eigenvalue weighted by molar-refractivity contribution is 7.99. The van der Waals surface area contributed by atoms with Crippen molar-refractivity contribution in [3.63, 3.8) is 0 Å². The lowest BCUT2D eigenvalue weighted by Crippen LogP contribution is -2.46. The fourth-order valence-electron chi connectivity index (χ4n) is 1.61. The van der Waals surface area contributed by atoms with E-state index in [2.05, 4.69) is 16.4 Å². The Bertz CT molecular complexity index is 355. The highest BCUT2D eigenvalue weighted by Crippen LogP contribution is 2.41. The highest BCUT2D eigenvalue weighted by Gasteiger charge is 2.44. The highest BCUT2D eigenvalue weighted by atomic mass is 32.2. The second kappa shape index (κ2) is 4.25. The van der Waals surface area contributed by atoms with Crippen molar-refractivity contribution in [3.05, 3.63) is 12.5 Å². The molecule has 1 atom stereocenters. The maximum Gasteiger partial charge on any atom is 0.255 e. The Hall–Kier alpha value is -0.990. The van der Waals surface area contributed by atoms with Crippen molar-refractivity contribution in [2.24, 2.45) is 5.92 Å². The van der Waals surface area contributed by atoms with Gasteiger partial charge < -0.3 is 9.73 Å². The van der Waals surface area contributed by atoms with Crippen LogP contribution in [0.2, 0.25) is 0 Å². The minimum Gasteiger partial charge on any atom is -0.440 e. The molecule has 0 spiro atoms. The smallest absolute Gasteiger partial charge is 0.255 e. The Morgan fingerprint density at radius 1 is 1.80 bits per heavy atom. The average molecular weight is 223 g/mol. The fraction of sp³-hybridized carbons (Fsp3) is 0.600. The number of oxazole rings is 1. The van der Waals surface area contributed by atoms with Crippen LogP contribution in [-0.4, -0.2) is 23.3 Å². The van der Waals surface area contributed by atoms with E-state index < -0.39 is 5.54 Å². The Labute approximate surface area is 93.1 Å². The molecular weight excluding hydrogens is 210 g/mol. The van der Waals surface area contributed by atoms with Crippen molar-refractivity contribution < 1.29 is 4.42 Å². The molecule has 2 rings (SSSR count). The zero-order valence-corrected chi connectivity index (χ0v) is 9.38. The molecular formula is C10H13N3OS. The molecule has 0 amide bonds. The van der Waals surface area contributed by atoms with Crippen molar-refractivity contribution in [1.29, 1.82) is 5.26 Å². The van der Waals surface area contributed by atoms with E-state index in [1.54, 1.807) is 12.5 Å². The summed E-state index contributed by atoms with van der Waals surface area (Å²) in [6.45, 7) is 0. The predicted molar refractivity (Wildman–Crippen MR) is 57.4 cm³/mol. The van der Waals surface area contributed by atoms with Gasteiger partial charge in [-0.3, -0.25) is 0 Å². The van der Waals surface area contributed by atoms with Crippen molar-refractivity contribution in [1.82, 2.24) is 10.3 Å². The summed E-state index contributed by atoms with van der Waals surface area (Å²) in [5.41, 5.74) is -0.418. The van der Waals surface area contributed by atoms with Crippen LogP contribution in [0.5, 0.6) is 0 Å². The van der Waals surface area contributed by atoms with E-state index in [1.165, 1.54) is 11.8 Å². The van der Waals surface area contributed by atoms with E-state index in [0.29, 0.717) is 16.9 Å². The lowest BCUT2D eigenvalue weighted by atomic mass is 9.98. The number of aromatic nitrogens is 1. The van der Waals surface area contributed by atoms with E-state index in [0.717, 1.165) is 12.8 Å². The molecule has 15 heavy (non-hydrogen) atoms. The molecule has 1 heterocycles. The summed E-state index contributed by atoms with van der Waals surface area (Å²) >= 11 is 1.49. The molecule has 1 N–H and O–H groups in total. The second-order valence-electron chi connectivity index (χ2n) is 3.69. The van der Waals surface area contributed by atoms with Crippen molar-refractivity contribution in [2.75, 3.05) is 12.8 Å². The van der Waals surface area contributed by atoms with Crippen molar-refractivity contribution in [3.8, 4) is 6.07 Å².